The van der Waals surface area contributed by atoms with Gasteiger partial charge in [0.05, 0.1) is 6.20 Å². The lowest BCUT2D eigenvalue weighted by atomic mass is 10.1. The predicted molar refractivity (Wildman–Crippen MR) is 79.4 cm³/mol. The first-order chi connectivity index (χ1) is 10.0. The van der Waals surface area contributed by atoms with E-state index in [4.69, 9.17) is 0 Å². The van der Waals surface area contributed by atoms with Crippen molar-refractivity contribution in [1.82, 2.24) is 20.0 Å². The molecule has 6 nitrogen and oxygen atoms in total. The van der Waals surface area contributed by atoms with Gasteiger partial charge in [-0.15, -0.1) is 0 Å². The number of rotatable bonds is 5. The van der Waals surface area contributed by atoms with Gasteiger partial charge in [-0.3, -0.25) is 14.3 Å². The van der Waals surface area contributed by atoms with Crippen LogP contribution in [-0.4, -0.2) is 38.6 Å². The van der Waals surface area contributed by atoms with Gasteiger partial charge >= 0.3 is 0 Å². The van der Waals surface area contributed by atoms with Crippen LogP contribution in [0.25, 0.3) is 0 Å². The van der Waals surface area contributed by atoms with Crippen LogP contribution in [0, 0.1) is 0 Å². The summed E-state index contributed by atoms with van der Waals surface area (Å²) in [5.41, 5.74) is 1.00. The fraction of sp³-hybridized carbons (Fsp3) is 0.667. The van der Waals surface area contributed by atoms with E-state index in [-0.39, 0.29) is 17.9 Å². The first kappa shape index (κ1) is 15.5. The highest BCUT2D eigenvalue weighted by Gasteiger charge is 2.33. The number of aryl methyl sites for hydroxylation is 1. The van der Waals surface area contributed by atoms with Crippen LogP contribution in [0.3, 0.4) is 0 Å². The Labute approximate surface area is 125 Å². The molecule has 2 rings (SSSR count). The molecule has 0 radical (unpaired) electrons. The summed E-state index contributed by atoms with van der Waals surface area (Å²) in [4.78, 5) is 26.3. The summed E-state index contributed by atoms with van der Waals surface area (Å²) in [5.74, 6) is -0.0273. The fourth-order valence-electron chi connectivity index (χ4n) is 2.69. The van der Waals surface area contributed by atoms with Crippen molar-refractivity contribution in [3.05, 3.63) is 18.0 Å². The minimum atomic E-state index is -0.395. The van der Waals surface area contributed by atoms with Gasteiger partial charge in [-0.1, -0.05) is 13.3 Å². The molecule has 0 spiro atoms. The summed E-state index contributed by atoms with van der Waals surface area (Å²) < 4.78 is 1.84. The third-order valence-electron chi connectivity index (χ3n) is 3.87. The average molecular weight is 292 g/mol. The number of hydrogen-bond donors (Lipinski definition) is 1. The minimum Gasteiger partial charge on any atom is -0.344 e. The number of carbonyl (C=O) groups is 2. The van der Waals surface area contributed by atoms with Crippen LogP contribution in [0.4, 0.5) is 0 Å². The Morgan fingerprint density at radius 3 is 2.76 bits per heavy atom. The molecule has 0 saturated carbocycles. The lowest BCUT2D eigenvalue weighted by Crippen LogP contribution is -2.45. The Morgan fingerprint density at radius 2 is 2.14 bits per heavy atom. The maximum atomic E-state index is 12.7. The molecule has 2 heterocycles. The van der Waals surface area contributed by atoms with Crippen molar-refractivity contribution < 1.29 is 9.59 Å². The van der Waals surface area contributed by atoms with E-state index in [9.17, 15) is 9.59 Å². The van der Waals surface area contributed by atoms with Crippen molar-refractivity contribution in [2.45, 2.75) is 65.2 Å². The Hall–Kier alpha value is -1.85. The molecule has 2 unspecified atom stereocenters. The van der Waals surface area contributed by atoms with Crippen LogP contribution in [0.15, 0.2) is 12.4 Å². The van der Waals surface area contributed by atoms with Crippen molar-refractivity contribution in [1.29, 1.82) is 0 Å². The van der Waals surface area contributed by atoms with Crippen LogP contribution in [0.1, 0.15) is 45.6 Å². The Kier molecular flexibility index (Phi) is 4.98. The van der Waals surface area contributed by atoms with E-state index >= 15 is 0 Å². The Bertz CT molecular complexity index is 512. The van der Waals surface area contributed by atoms with Crippen LogP contribution >= 0.6 is 0 Å². The standard InChI is InChI=1S/C15H24N4O2/c1-4-6-13-15(21)19(11(3)7-14(20)17-13)10-12-8-16-18(5-2)9-12/h8-9,11,13H,4-7,10H2,1-3H3,(H,17,20). The van der Waals surface area contributed by atoms with Gasteiger partial charge in [0, 0.05) is 37.3 Å². The summed E-state index contributed by atoms with van der Waals surface area (Å²) >= 11 is 0. The van der Waals surface area contributed by atoms with Crippen LogP contribution in [-0.2, 0) is 22.7 Å². The van der Waals surface area contributed by atoms with Gasteiger partial charge in [0.1, 0.15) is 6.04 Å². The SMILES string of the molecule is CCCC1NC(=O)CC(C)N(Cc2cnn(CC)c2)C1=O. The van der Waals surface area contributed by atoms with E-state index in [0.29, 0.717) is 19.4 Å². The molecule has 0 bridgehead atoms. The predicted octanol–water partition coefficient (Wildman–Crippen LogP) is 1.31. The van der Waals surface area contributed by atoms with Crippen LogP contribution in [0.5, 0.6) is 0 Å². The quantitative estimate of drug-likeness (QED) is 0.889. The fourth-order valence-corrected chi connectivity index (χ4v) is 2.69. The highest BCUT2D eigenvalue weighted by atomic mass is 16.2. The van der Waals surface area contributed by atoms with E-state index in [1.165, 1.54) is 0 Å². The maximum Gasteiger partial charge on any atom is 0.245 e. The lowest BCUT2D eigenvalue weighted by Gasteiger charge is -2.28. The second-order valence-corrected chi connectivity index (χ2v) is 5.63. The molecular formula is C15H24N4O2. The van der Waals surface area contributed by atoms with Gasteiger partial charge in [0.2, 0.25) is 11.8 Å². The first-order valence-corrected chi connectivity index (χ1v) is 7.66. The van der Waals surface area contributed by atoms with E-state index < -0.39 is 6.04 Å². The zero-order valence-electron chi connectivity index (χ0n) is 13.0. The number of nitrogens with zero attached hydrogens (tertiary/aromatic N) is 3. The highest BCUT2D eigenvalue weighted by Crippen LogP contribution is 2.17. The van der Waals surface area contributed by atoms with E-state index in [1.54, 1.807) is 11.1 Å². The van der Waals surface area contributed by atoms with Gasteiger partial charge in [-0.25, -0.2) is 0 Å². The molecular weight excluding hydrogens is 268 g/mol. The van der Waals surface area contributed by atoms with Gasteiger partial charge in [-0.2, -0.15) is 5.10 Å². The number of nitrogens with one attached hydrogen (secondary N) is 1. The number of hydrogen-bond acceptors (Lipinski definition) is 3. The van der Waals surface area contributed by atoms with Crippen molar-refractivity contribution >= 4 is 11.8 Å². The molecule has 1 aliphatic rings. The average Bonchev–Trinajstić information content (AvgIpc) is 2.87. The van der Waals surface area contributed by atoms with E-state index in [2.05, 4.69) is 10.4 Å². The normalized spacial score (nSPS) is 23.1. The minimum absolute atomic E-state index is 0.0134. The monoisotopic (exact) mass is 292 g/mol. The van der Waals surface area contributed by atoms with Crippen molar-refractivity contribution in [2.75, 3.05) is 0 Å². The molecule has 2 amide bonds. The lowest BCUT2D eigenvalue weighted by molar-refractivity contribution is -0.135. The highest BCUT2D eigenvalue weighted by molar-refractivity contribution is 5.90. The smallest absolute Gasteiger partial charge is 0.245 e. The van der Waals surface area contributed by atoms with Crippen LogP contribution in [0.2, 0.25) is 0 Å². The Morgan fingerprint density at radius 1 is 1.38 bits per heavy atom. The molecule has 1 saturated heterocycles. The second-order valence-electron chi connectivity index (χ2n) is 5.63. The maximum absolute atomic E-state index is 12.7. The van der Waals surface area contributed by atoms with Gasteiger partial charge in [0.15, 0.2) is 0 Å². The molecule has 0 aliphatic carbocycles. The largest absolute Gasteiger partial charge is 0.344 e. The summed E-state index contributed by atoms with van der Waals surface area (Å²) in [6.45, 7) is 7.28. The first-order valence-electron chi connectivity index (χ1n) is 7.66. The molecule has 0 aromatic carbocycles. The molecule has 1 aliphatic heterocycles. The zero-order chi connectivity index (χ0) is 15.4. The topological polar surface area (TPSA) is 67.2 Å². The molecule has 2 atom stereocenters. The van der Waals surface area contributed by atoms with Crippen LogP contribution < -0.4 is 5.32 Å². The van der Waals surface area contributed by atoms with E-state index in [0.717, 1.165) is 18.5 Å². The molecule has 1 aromatic rings. The number of aromatic nitrogens is 2. The van der Waals surface area contributed by atoms with Crippen molar-refractivity contribution in [3.63, 3.8) is 0 Å². The van der Waals surface area contributed by atoms with Gasteiger partial charge in [-0.05, 0) is 20.3 Å². The van der Waals surface area contributed by atoms with Gasteiger partial charge < -0.3 is 10.2 Å². The molecule has 6 heteroatoms. The summed E-state index contributed by atoms with van der Waals surface area (Å²) in [6, 6.07) is -0.488. The van der Waals surface area contributed by atoms with E-state index in [1.807, 2.05) is 31.6 Å². The van der Waals surface area contributed by atoms with Gasteiger partial charge in [0.25, 0.3) is 0 Å². The third-order valence-corrected chi connectivity index (χ3v) is 3.87. The summed E-state index contributed by atoms with van der Waals surface area (Å²) in [6.07, 6.45) is 5.65. The number of amides is 2. The Balaban J connectivity index is 2.17. The summed E-state index contributed by atoms with van der Waals surface area (Å²) in [7, 11) is 0. The summed E-state index contributed by atoms with van der Waals surface area (Å²) in [5, 5.41) is 7.08. The van der Waals surface area contributed by atoms with Crippen molar-refractivity contribution in [2.24, 2.45) is 0 Å². The second kappa shape index (κ2) is 6.74. The molecule has 21 heavy (non-hydrogen) atoms. The number of carbonyl (C=O) groups excluding carboxylic acids is 2. The van der Waals surface area contributed by atoms with Crippen molar-refractivity contribution in [3.8, 4) is 0 Å². The molecule has 116 valence electrons. The zero-order valence-corrected chi connectivity index (χ0v) is 13.0. The molecule has 1 aromatic heterocycles. The molecule has 1 fully saturated rings. The molecule has 1 N–H and O–H groups in total. The third kappa shape index (κ3) is 3.62.